The fourth-order valence-electron chi connectivity index (χ4n) is 2.21. The standard InChI is InChI=1S/C15H21N3O2/c1-3-6-14-17-12-7-4-5-8-13(12)18(14)11-15(19)16-9-10-20-2/h4-5,7-8H,3,6,9-11H2,1-2H3,(H,16,19). The maximum atomic E-state index is 12.0. The van der Waals surface area contributed by atoms with E-state index in [1.165, 1.54) is 0 Å². The minimum atomic E-state index is -0.0115. The number of aryl methyl sites for hydroxylation is 1. The molecule has 0 aliphatic heterocycles. The average Bonchev–Trinajstić information content (AvgIpc) is 2.78. The molecule has 1 amide bonds. The maximum absolute atomic E-state index is 12.0. The van der Waals surface area contributed by atoms with E-state index in [9.17, 15) is 4.79 Å². The van der Waals surface area contributed by atoms with Gasteiger partial charge < -0.3 is 14.6 Å². The summed E-state index contributed by atoms with van der Waals surface area (Å²) in [6.45, 7) is 3.48. The molecule has 108 valence electrons. The van der Waals surface area contributed by atoms with Crippen molar-refractivity contribution in [2.24, 2.45) is 0 Å². The number of hydrogen-bond donors (Lipinski definition) is 1. The van der Waals surface area contributed by atoms with Gasteiger partial charge in [-0.25, -0.2) is 4.98 Å². The van der Waals surface area contributed by atoms with Gasteiger partial charge in [0.1, 0.15) is 12.4 Å². The predicted octanol–water partition coefficient (Wildman–Crippen LogP) is 1.75. The predicted molar refractivity (Wildman–Crippen MR) is 78.6 cm³/mol. The van der Waals surface area contributed by atoms with Crippen LogP contribution in [0, 0.1) is 0 Å². The molecule has 0 saturated carbocycles. The van der Waals surface area contributed by atoms with Crippen LogP contribution in [0.4, 0.5) is 0 Å². The summed E-state index contributed by atoms with van der Waals surface area (Å²) in [5.41, 5.74) is 1.96. The number of fused-ring (bicyclic) bond motifs is 1. The number of ether oxygens (including phenoxy) is 1. The zero-order valence-electron chi connectivity index (χ0n) is 12.1. The molecule has 1 heterocycles. The number of carbonyl (C=O) groups excluding carboxylic acids is 1. The second kappa shape index (κ2) is 7.05. The SMILES string of the molecule is CCCc1nc2ccccc2n1CC(=O)NCCOC. The van der Waals surface area contributed by atoms with Crippen molar-refractivity contribution in [2.75, 3.05) is 20.3 Å². The second-order valence-electron chi connectivity index (χ2n) is 4.70. The molecule has 0 saturated heterocycles. The third-order valence-corrected chi connectivity index (χ3v) is 3.14. The normalized spacial score (nSPS) is 10.9. The molecule has 0 atom stereocenters. The van der Waals surface area contributed by atoms with Gasteiger partial charge in [0.2, 0.25) is 5.91 Å². The Labute approximate surface area is 118 Å². The summed E-state index contributed by atoms with van der Waals surface area (Å²) >= 11 is 0. The van der Waals surface area contributed by atoms with Crippen LogP contribution in [0.3, 0.4) is 0 Å². The van der Waals surface area contributed by atoms with Crippen LogP contribution in [0.25, 0.3) is 11.0 Å². The summed E-state index contributed by atoms with van der Waals surface area (Å²) < 4.78 is 6.93. The van der Waals surface area contributed by atoms with Gasteiger partial charge in [-0.15, -0.1) is 0 Å². The van der Waals surface area contributed by atoms with Crippen LogP contribution in [0.1, 0.15) is 19.2 Å². The molecule has 1 aromatic heterocycles. The molecule has 5 nitrogen and oxygen atoms in total. The van der Waals surface area contributed by atoms with E-state index in [2.05, 4.69) is 17.2 Å². The first kappa shape index (κ1) is 14.5. The van der Waals surface area contributed by atoms with Crippen molar-refractivity contribution < 1.29 is 9.53 Å². The van der Waals surface area contributed by atoms with Crippen molar-refractivity contribution in [1.82, 2.24) is 14.9 Å². The van der Waals surface area contributed by atoms with Crippen molar-refractivity contribution in [3.05, 3.63) is 30.1 Å². The quantitative estimate of drug-likeness (QED) is 0.783. The van der Waals surface area contributed by atoms with Crippen LogP contribution in [-0.4, -0.2) is 35.7 Å². The van der Waals surface area contributed by atoms with E-state index in [1.807, 2.05) is 28.8 Å². The molecule has 20 heavy (non-hydrogen) atoms. The highest BCUT2D eigenvalue weighted by atomic mass is 16.5. The van der Waals surface area contributed by atoms with E-state index in [4.69, 9.17) is 4.74 Å². The van der Waals surface area contributed by atoms with Crippen LogP contribution < -0.4 is 5.32 Å². The highest BCUT2D eigenvalue weighted by molar-refractivity contribution is 5.81. The number of nitrogens with zero attached hydrogens (tertiary/aromatic N) is 2. The van der Waals surface area contributed by atoms with Crippen molar-refractivity contribution in [3.8, 4) is 0 Å². The van der Waals surface area contributed by atoms with Crippen LogP contribution in [-0.2, 0) is 22.5 Å². The number of nitrogens with one attached hydrogen (secondary N) is 1. The minimum absolute atomic E-state index is 0.0115. The molecule has 0 bridgehead atoms. The molecule has 0 spiro atoms. The highest BCUT2D eigenvalue weighted by Crippen LogP contribution is 2.16. The molecule has 0 aliphatic rings. The molecule has 2 rings (SSSR count). The first-order chi connectivity index (χ1) is 9.76. The molecule has 0 unspecified atom stereocenters. The van der Waals surface area contributed by atoms with Crippen molar-refractivity contribution in [3.63, 3.8) is 0 Å². The number of methoxy groups -OCH3 is 1. The smallest absolute Gasteiger partial charge is 0.240 e. The number of benzene rings is 1. The lowest BCUT2D eigenvalue weighted by molar-refractivity contribution is -0.121. The van der Waals surface area contributed by atoms with E-state index in [-0.39, 0.29) is 5.91 Å². The maximum Gasteiger partial charge on any atom is 0.240 e. The van der Waals surface area contributed by atoms with Crippen molar-refractivity contribution in [1.29, 1.82) is 0 Å². The van der Waals surface area contributed by atoms with Crippen LogP contribution >= 0.6 is 0 Å². The van der Waals surface area contributed by atoms with Gasteiger partial charge >= 0.3 is 0 Å². The minimum Gasteiger partial charge on any atom is -0.383 e. The number of para-hydroxylation sites is 2. The largest absolute Gasteiger partial charge is 0.383 e. The molecule has 0 aliphatic carbocycles. The number of carbonyl (C=O) groups is 1. The van der Waals surface area contributed by atoms with E-state index < -0.39 is 0 Å². The summed E-state index contributed by atoms with van der Waals surface area (Å²) in [5, 5.41) is 2.84. The fourth-order valence-corrected chi connectivity index (χ4v) is 2.21. The van der Waals surface area contributed by atoms with Crippen LogP contribution in [0.15, 0.2) is 24.3 Å². The van der Waals surface area contributed by atoms with E-state index in [1.54, 1.807) is 7.11 Å². The molecular formula is C15H21N3O2. The number of rotatable bonds is 7. The van der Waals surface area contributed by atoms with Gasteiger partial charge in [-0.2, -0.15) is 0 Å². The Morgan fingerprint density at radius 1 is 1.40 bits per heavy atom. The van der Waals surface area contributed by atoms with E-state index in [0.717, 1.165) is 29.7 Å². The van der Waals surface area contributed by atoms with Gasteiger partial charge in [0, 0.05) is 20.1 Å². The lowest BCUT2D eigenvalue weighted by Gasteiger charge is -2.09. The summed E-state index contributed by atoms with van der Waals surface area (Å²) in [6, 6.07) is 7.92. The van der Waals surface area contributed by atoms with Crippen LogP contribution in [0.5, 0.6) is 0 Å². The first-order valence-corrected chi connectivity index (χ1v) is 6.96. The molecular weight excluding hydrogens is 254 g/mol. The van der Waals surface area contributed by atoms with E-state index in [0.29, 0.717) is 19.7 Å². The lowest BCUT2D eigenvalue weighted by Crippen LogP contribution is -2.30. The average molecular weight is 275 g/mol. The Balaban J connectivity index is 2.18. The van der Waals surface area contributed by atoms with Gasteiger partial charge in [-0.3, -0.25) is 4.79 Å². The van der Waals surface area contributed by atoms with Gasteiger partial charge in [-0.1, -0.05) is 19.1 Å². The van der Waals surface area contributed by atoms with Crippen LogP contribution in [0.2, 0.25) is 0 Å². The number of hydrogen-bond acceptors (Lipinski definition) is 3. The van der Waals surface area contributed by atoms with Gasteiger partial charge in [0.05, 0.1) is 17.6 Å². The summed E-state index contributed by atoms with van der Waals surface area (Å²) in [7, 11) is 1.62. The summed E-state index contributed by atoms with van der Waals surface area (Å²) in [5.74, 6) is 0.957. The summed E-state index contributed by atoms with van der Waals surface area (Å²) in [6.07, 6.45) is 1.88. The Morgan fingerprint density at radius 3 is 2.95 bits per heavy atom. The molecule has 1 aromatic carbocycles. The highest BCUT2D eigenvalue weighted by Gasteiger charge is 2.12. The second-order valence-corrected chi connectivity index (χ2v) is 4.70. The molecule has 0 radical (unpaired) electrons. The zero-order valence-corrected chi connectivity index (χ0v) is 12.1. The Morgan fingerprint density at radius 2 is 2.20 bits per heavy atom. The Kier molecular flexibility index (Phi) is 5.12. The number of amides is 1. The molecule has 5 heteroatoms. The monoisotopic (exact) mass is 275 g/mol. The molecule has 1 N–H and O–H groups in total. The molecule has 2 aromatic rings. The third-order valence-electron chi connectivity index (χ3n) is 3.14. The summed E-state index contributed by atoms with van der Waals surface area (Å²) in [4.78, 5) is 16.6. The van der Waals surface area contributed by atoms with Gasteiger partial charge in [-0.05, 0) is 18.6 Å². The topological polar surface area (TPSA) is 56.2 Å². The first-order valence-electron chi connectivity index (χ1n) is 6.96. The van der Waals surface area contributed by atoms with Crippen molar-refractivity contribution in [2.45, 2.75) is 26.3 Å². The van der Waals surface area contributed by atoms with Gasteiger partial charge in [0.15, 0.2) is 0 Å². The lowest BCUT2D eigenvalue weighted by atomic mass is 10.3. The van der Waals surface area contributed by atoms with Crippen molar-refractivity contribution >= 4 is 16.9 Å². The zero-order chi connectivity index (χ0) is 14.4. The van der Waals surface area contributed by atoms with Gasteiger partial charge in [0.25, 0.3) is 0 Å². The Bertz CT molecular complexity index is 578. The fraction of sp³-hybridized carbons (Fsp3) is 0.467. The Hall–Kier alpha value is -1.88. The number of aromatic nitrogens is 2. The van der Waals surface area contributed by atoms with E-state index >= 15 is 0 Å². The third kappa shape index (κ3) is 3.36. The molecule has 0 fully saturated rings. The number of imidazole rings is 1.